The van der Waals surface area contributed by atoms with Crippen LogP contribution in [0.2, 0.25) is 0 Å². The van der Waals surface area contributed by atoms with Crippen molar-refractivity contribution in [2.75, 3.05) is 0 Å². The van der Waals surface area contributed by atoms with Crippen molar-refractivity contribution in [3.05, 3.63) is 21.6 Å². The van der Waals surface area contributed by atoms with Crippen molar-refractivity contribution in [1.29, 1.82) is 0 Å². The monoisotopic (exact) mass is 215 g/mol. The first-order chi connectivity index (χ1) is 6.09. The third-order valence-electron chi connectivity index (χ3n) is 1.41. The molecule has 0 atom stereocenters. The van der Waals surface area contributed by atoms with Gasteiger partial charge >= 0.3 is 0 Å². The van der Waals surface area contributed by atoms with Crippen LogP contribution in [0.3, 0.4) is 0 Å². The minimum atomic E-state index is -3.35. The first-order valence-corrected chi connectivity index (χ1v) is 5.76. The highest BCUT2D eigenvalue weighted by molar-refractivity contribution is 8.09. The lowest BCUT2D eigenvalue weighted by Crippen LogP contribution is -2.09. The number of hydrogen-bond donors (Lipinski definition) is 0. The molecule has 7 heteroatoms. The Morgan fingerprint density at radius 3 is 2.62 bits per heavy atom. The van der Waals surface area contributed by atoms with Crippen molar-refractivity contribution in [2.45, 2.75) is 6.92 Å². The van der Waals surface area contributed by atoms with E-state index in [1.165, 1.54) is 17.5 Å². The average Bonchev–Trinajstić information content (AvgIpc) is 2.56. The van der Waals surface area contributed by atoms with Crippen LogP contribution in [0, 0.1) is 6.92 Å². The molecular formula is C6H5N3O2S2. The molecular weight excluding hydrogens is 210 g/mol. The molecule has 13 heavy (non-hydrogen) atoms. The average molecular weight is 215 g/mol. The van der Waals surface area contributed by atoms with E-state index in [0.29, 0.717) is 5.01 Å². The molecule has 0 radical (unpaired) electrons. The van der Waals surface area contributed by atoms with Gasteiger partial charge in [-0.2, -0.15) is 0 Å². The Kier molecular flexibility index (Phi) is 1.77. The van der Waals surface area contributed by atoms with Gasteiger partial charge in [-0.1, -0.05) is 11.3 Å². The molecule has 0 spiro atoms. The zero-order chi connectivity index (χ0) is 9.47. The standard InChI is InChI=1S/C6H5N3O2S2/c1-4-8-9-5(12-4)6-7-2-3-13(6,10)11/h2-3H,1H3. The number of aromatic nitrogens is 2. The van der Waals surface area contributed by atoms with Crippen molar-refractivity contribution < 1.29 is 8.42 Å². The minimum Gasteiger partial charge on any atom is -0.241 e. The van der Waals surface area contributed by atoms with Crippen molar-refractivity contribution in [2.24, 2.45) is 4.99 Å². The van der Waals surface area contributed by atoms with Crippen molar-refractivity contribution >= 4 is 26.2 Å². The first kappa shape index (κ1) is 8.52. The van der Waals surface area contributed by atoms with Gasteiger partial charge in [-0.05, 0) is 6.92 Å². The summed E-state index contributed by atoms with van der Waals surface area (Å²) in [6, 6.07) is 0. The predicted octanol–water partition coefficient (Wildman–Crippen LogP) is 0.493. The molecule has 5 nitrogen and oxygen atoms in total. The molecule has 1 aromatic heterocycles. The summed E-state index contributed by atoms with van der Waals surface area (Å²) in [7, 11) is -3.35. The van der Waals surface area contributed by atoms with Crippen LogP contribution >= 0.6 is 11.3 Å². The predicted molar refractivity (Wildman–Crippen MR) is 49.2 cm³/mol. The molecule has 68 valence electrons. The maximum atomic E-state index is 11.3. The van der Waals surface area contributed by atoms with Gasteiger partial charge in [-0.15, -0.1) is 10.2 Å². The van der Waals surface area contributed by atoms with Crippen LogP contribution in [-0.4, -0.2) is 23.7 Å². The Bertz CT molecular complexity index is 498. The zero-order valence-electron chi connectivity index (χ0n) is 6.63. The molecule has 0 bridgehead atoms. The molecule has 0 fully saturated rings. The van der Waals surface area contributed by atoms with Crippen LogP contribution in [0.15, 0.2) is 16.6 Å². The molecule has 1 aliphatic rings. The van der Waals surface area contributed by atoms with Crippen LogP contribution in [0.25, 0.3) is 0 Å². The highest BCUT2D eigenvalue weighted by Gasteiger charge is 2.25. The Morgan fingerprint density at radius 1 is 1.38 bits per heavy atom. The summed E-state index contributed by atoms with van der Waals surface area (Å²) in [4.78, 5) is 3.73. The van der Waals surface area contributed by atoms with E-state index in [2.05, 4.69) is 15.2 Å². The second-order valence-electron chi connectivity index (χ2n) is 2.39. The Morgan fingerprint density at radius 2 is 2.15 bits per heavy atom. The van der Waals surface area contributed by atoms with Gasteiger partial charge in [0.15, 0.2) is 10.1 Å². The highest BCUT2D eigenvalue weighted by atomic mass is 32.2. The maximum Gasteiger partial charge on any atom is 0.221 e. The number of aliphatic imine (C=N–C) groups is 1. The van der Waals surface area contributed by atoms with Gasteiger partial charge in [0.05, 0.1) is 5.41 Å². The molecule has 1 aromatic rings. The summed E-state index contributed by atoms with van der Waals surface area (Å²) < 4.78 is 22.6. The Hall–Kier alpha value is -1.08. The Labute approximate surface area is 78.8 Å². The second-order valence-corrected chi connectivity index (χ2v) is 5.32. The number of sulfone groups is 1. The zero-order valence-corrected chi connectivity index (χ0v) is 8.26. The quantitative estimate of drug-likeness (QED) is 0.683. The van der Waals surface area contributed by atoms with Gasteiger partial charge in [-0.25, -0.2) is 13.4 Å². The van der Waals surface area contributed by atoms with Gasteiger partial charge in [0.25, 0.3) is 0 Å². The minimum absolute atomic E-state index is 0.00176. The van der Waals surface area contributed by atoms with Gasteiger partial charge in [0, 0.05) is 6.20 Å². The Balaban J connectivity index is 2.51. The molecule has 0 unspecified atom stereocenters. The topological polar surface area (TPSA) is 72.3 Å². The van der Waals surface area contributed by atoms with Gasteiger partial charge in [0.1, 0.15) is 5.01 Å². The van der Waals surface area contributed by atoms with Crippen LogP contribution in [0.4, 0.5) is 0 Å². The van der Waals surface area contributed by atoms with Crippen molar-refractivity contribution in [3.63, 3.8) is 0 Å². The lowest BCUT2D eigenvalue weighted by atomic mass is 10.8. The van der Waals surface area contributed by atoms with E-state index in [1.54, 1.807) is 6.92 Å². The molecule has 2 rings (SSSR count). The van der Waals surface area contributed by atoms with E-state index >= 15 is 0 Å². The third-order valence-corrected chi connectivity index (χ3v) is 3.70. The summed E-state index contributed by atoms with van der Waals surface area (Å²) in [5, 5.41) is 9.56. The fraction of sp³-hybridized carbons (Fsp3) is 0.167. The van der Waals surface area contributed by atoms with Gasteiger partial charge < -0.3 is 0 Å². The number of rotatable bonds is 1. The highest BCUT2D eigenvalue weighted by Crippen LogP contribution is 2.17. The fourth-order valence-corrected chi connectivity index (χ4v) is 2.77. The van der Waals surface area contributed by atoms with E-state index in [9.17, 15) is 8.42 Å². The molecule has 0 aliphatic carbocycles. The normalized spacial score (nSPS) is 19.0. The van der Waals surface area contributed by atoms with Gasteiger partial charge in [-0.3, -0.25) is 0 Å². The van der Waals surface area contributed by atoms with Crippen LogP contribution in [-0.2, 0) is 9.84 Å². The summed E-state index contributed by atoms with van der Waals surface area (Å²) in [5.74, 6) is 0. The maximum absolute atomic E-state index is 11.3. The lowest BCUT2D eigenvalue weighted by Gasteiger charge is -1.91. The molecule has 0 amide bonds. The number of aryl methyl sites for hydroxylation is 1. The lowest BCUT2D eigenvalue weighted by molar-refractivity contribution is 0.615. The summed E-state index contributed by atoms with van der Waals surface area (Å²) in [6.45, 7) is 1.76. The SMILES string of the molecule is Cc1nnc(C2=NC=CS2(=O)=O)s1. The molecule has 0 saturated carbocycles. The number of hydrogen-bond acceptors (Lipinski definition) is 6. The van der Waals surface area contributed by atoms with E-state index in [1.807, 2.05) is 0 Å². The van der Waals surface area contributed by atoms with Crippen molar-refractivity contribution in [3.8, 4) is 0 Å². The molecule has 0 saturated heterocycles. The van der Waals surface area contributed by atoms with Crippen LogP contribution in [0.5, 0.6) is 0 Å². The van der Waals surface area contributed by atoms with Crippen LogP contribution < -0.4 is 0 Å². The summed E-state index contributed by atoms with van der Waals surface area (Å²) in [6.07, 6.45) is 1.25. The second kappa shape index (κ2) is 2.71. The molecule has 1 aliphatic heterocycles. The van der Waals surface area contributed by atoms with E-state index in [4.69, 9.17) is 0 Å². The largest absolute Gasteiger partial charge is 0.241 e. The van der Waals surface area contributed by atoms with E-state index in [0.717, 1.165) is 10.4 Å². The molecule has 2 heterocycles. The van der Waals surface area contributed by atoms with E-state index in [-0.39, 0.29) is 5.04 Å². The summed E-state index contributed by atoms with van der Waals surface area (Å²) >= 11 is 1.22. The van der Waals surface area contributed by atoms with Gasteiger partial charge in [0.2, 0.25) is 9.84 Å². The van der Waals surface area contributed by atoms with Crippen LogP contribution in [0.1, 0.15) is 10.0 Å². The van der Waals surface area contributed by atoms with Crippen molar-refractivity contribution in [1.82, 2.24) is 10.2 Å². The third kappa shape index (κ3) is 1.40. The fourth-order valence-electron chi connectivity index (χ4n) is 0.876. The smallest absolute Gasteiger partial charge is 0.221 e. The summed E-state index contributed by atoms with van der Waals surface area (Å²) in [5.41, 5.74) is 0. The first-order valence-electron chi connectivity index (χ1n) is 3.39. The van der Waals surface area contributed by atoms with E-state index < -0.39 is 9.84 Å². The molecule has 0 aromatic carbocycles. The number of nitrogens with zero attached hydrogens (tertiary/aromatic N) is 3. The molecule has 0 N–H and O–H groups in total.